The monoisotopic (exact) mass is 428 g/mol. The maximum absolute atomic E-state index is 13.4. The Balaban J connectivity index is 0.00000225. The largest absolute Gasteiger partial charge is 0.370 e. The molecule has 1 aromatic heterocycles. The zero-order chi connectivity index (χ0) is 18.8. The molecular formula is C19H23Cl2FN4O2. The van der Waals surface area contributed by atoms with Crippen molar-refractivity contribution < 1.29 is 13.9 Å². The van der Waals surface area contributed by atoms with Crippen LogP contribution in [0.2, 0.25) is 5.02 Å². The van der Waals surface area contributed by atoms with Crippen molar-refractivity contribution in [3.05, 3.63) is 52.6 Å². The molecule has 152 valence electrons. The molecular weight excluding hydrogens is 406 g/mol. The van der Waals surface area contributed by atoms with Crippen LogP contribution in [0.1, 0.15) is 41.0 Å². The summed E-state index contributed by atoms with van der Waals surface area (Å²) in [5, 5.41) is 7.92. The van der Waals surface area contributed by atoms with Gasteiger partial charge < -0.3 is 15.0 Å². The third-order valence-corrected chi connectivity index (χ3v) is 5.43. The number of nitrogens with zero attached hydrogens (tertiary/aromatic N) is 3. The lowest BCUT2D eigenvalue weighted by atomic mass is 10.1. The molecule has 6 nitrogen and oxygen atoms in total. The van der Waals surface area contributed by atoms with Gasteiger partial charge in [0.05, 0.1) is 24.2 Å². The Hall–Kier alpha value is -1.67. The Morgan fingerprint density at radius 2 is 2.21 bits per heavy atom. The molecule has 1 aromatic carbocycles. The number of nitrogens with one attached hydrogen (secondary N) is 1. The summed E-state index contributed by atoms with van der Waals surface area (Å²) in [6.07, 6.45) is 3.72. The minimum Gasteiger partial charge on any atom is -0.370 e. The van der Waals surface area contributed by atoms with Gasteiger partial charge in [0.15, 0.2) is 0 Å². The molecule has 2 aliphatic heterocycles. The maximum Gasteiger partial charge on any atom is 0.274 e. The molecule has 1 amide bonds. The van der Waals surface area contributed by atoms with Gasteiger partial charge in [0, 0.05) is 19.3 Å². The summed E-state index contributed by atoms with van der Waals surface area (Å²) in [6, 6.07) is 6.59. The predicted molar refractivity (Wildman–Crippen MR) is 107 cm³/mol. The number of morpholine rings is 1. The summed E-state index contributed by atoms with van der Waals surface area (Å²) < 4.78 is 21.0. The lowest BCUT2D eigenvalue weighted by molar-refractivity contribution is -0.0230. The summed E-state index contributed by atoms with van der Waals surface area (Å²) in [4.78, 5) is 14.6. The predicted octanol–water partition coefficient (Wildman–Crippen LogP) is 3.24. The van der Waals surface area contributed by atoms with Gasteiger partial charge in [0.2, 0.25) is 0 Å². The molecule has 2 unspecified atom stereocenters. The van der Waals surface area contributed by atoms with Gasteiger partial charge in [-0.3, -0.25) is 9.48 Å². The smallest absolute Gasteiger partial charge is 0.274 e. The van der Waals surface area contributed by atoms with E-state index in [-0.39, 0.29) is 29.4 Å². The number of benzene rings is 1. The summed E-state index contributed by atoms with van der Waals surface area (Å²) in [7, 11) is 0. The van der Waals surface area contributed by atoms with Gasteiger partial charge in [-0.05, 0) is 43.1 Å². The highest BCUT2D eigenvalue weighted by Gasteiger charge is 2.28. The van der Waals surface area contributed by atoms with Crippen LogP contribution in [0.4, 0.5) is 4.39 Å². The van der Waals surface area contributed by atoms with Crippen molar-refractivity contribution in [1.82, 2.24) is 20.0 Å². The van der Waals surface area contributed by atoms with Crippen molar-refractivity contribution in [2.45, 2.75) is 25.0 Å². The second kappa shape index (κ2) is 9.22. The van der Waals surface area contributed by atoms with Gasteiger partial charge >= 0.3 is 0 Å². The first-order chi connectivity index (χ1) is 13.1. The highest BCUT2D eigenvalue weighted by atomic mass is 35.5. The zero-order valence-electron chi connectivity index (χ0n) is 15.3. The standard InChI is InChI=1S/C19H22ClFN4O2.ClH/c20-15-10-13(3-4-16(15)21)18-12-24(8-9-27-18)19(26)17-5-7-25(23-17)14-2-1-6-22-11-14;/h3-5,7,10,14,18,22H,1-2,6,8-9,11-12H2;1H. The van der Waals surface area contributed by atoms with Crippen LogP contribution in [0.5, 0.6) is 0 Å². The number of rotatable bonds is 3. The molecule has 3 heterocycles. The molecule has 9 heteroatoms. The average molecular weight is 429 g/mol. The van der Waals surface area contributed by atoms with Crippen LogP contribution in [0, 0.1) is 5.82 Å². The molecule has 2 fully saturated rings. The van der Waals surface area contributed by atoms with Crippen molar-refractivity contribution >= 4 is 29.9 Å². The molecule has 4 rings (SSSR count). The van der Waals surface area contributed by atoms with Crippen LogP contribution in [0.15, 0.2) is 30.5 Å². The third-order valence-electron chi connectivity index (χ3n) is 5.14. The van der Waals surface area contributed by atoms with E-state index >= 15 is 0 Å². The van der Waals surface area contributed by atoms with Gasteiger partial charge in [0.25, 0.3) is 5.91 Å². The fourth-order valence-corrected chi connectivity index (χ4v) is 3.81. The minimum atomic E-state index is -0.466. The molecule has 0 aliphatic carbocycles. The number of piperidine rings is 1. The second-order valence-corrected chi connectivity index (χ2v) is 7.37. The van der Waals surface area contributed by atoms with Gasteiger partial charge in [-0.1, -0.05) is 17.7 Å². The third kappa shape index (κ3) is 4.49. The van der Waals surface area contributed by atoms with E-state index in [0.717, 1.165) is 31.5 Å². The first-order valence-corrected chi connectivity index (χ1v) is 9.61. The van der Waals surface area contributed by atoms with Crippen LogP contribution in [-0.4, -0.2) is 53.4 Å². The van der Waals surface area contributed by atoms with Crippen LogP contribution in [0.3, 0.4) is 0 Å². The minimum absolute atomic E-state index is 0. The molecule has 0 radical (unpaired) electrons. The van der Waals surface area contributed by atoms with E-state index in [1.165, 1.54) is 6.07 Å². The Morgan fingerprint density at radius 3 is 2.96 bits per heavy atom. The molecule has 28 heavy (non-hydrogen) atoms. The van der Waals surface area contributed by atoms with Gasteiger partial charge in [-0.2, -0.15) is 5.10 Å². The van der Waals surface area contributed by atoms with E-state index in [1.54, 1.807) is 23.1 Å². The molecule has 0 saturated carbocycles. The Labute approximate surface area is 174 Å². The topological polar surface area (TPSA) is 59.4 Å². The number of hydrogen-bond donors (Lipinski definition) is 1. The number of aromatic nitrogens is 2. The van der Waals surface area contributed by atoms with Gasteiger partial charge in [-0.15, -0.1) is 12.4 Å². The van der Waals surface area contributed by atoms with Crippen molar-refractivity contribution in [3.8, 4) is 0 Å². The highest BCUT2D eigenvalue weighted by molar-refractivity contribution is 6.30. The number of hydrogen-bond acceptors (Lipinski definition) is 4. The summed E-state index contributed by atoms with van der Waals surface area (Å²) in [6.45, 7) is 3.21. The van der Waals surface area contributed by atoms with Crippen molar-refractivity contribution in [2.75, 3.05) is 32.8 Å². The number of carbonyl (C=O) groups is 1. The lowest BCUT2D eigenvalue weighted by Crippen LogP contribution is -2.42. The van der Waals surface area contributed by atoms with Crippen molar-refractivity contribution in [1.29, 1.82) is 0 Å². The van der Waals surface area contributed by atoms with E-state index in [1.807, 2.05) is 10.9 Å². The molecule has 2 aromatic rings. The fourth-order valence-electron chi connectivity index (χ4n) is 3.62. The lowest BCUT2D eigenvalue weighted by Gasteiger charge is -2.33. The summed E-state index contributed by atoms with van der Waals surface area (Å²) in [5.74, 6) is -0.578. The van der Waals surface area contributed by atoms with Gasteiger partial charge in [-0.25, -0.2) is 4.39 Å². The zero-order valence-corrected chi connectivity index (χ0v) is 16.9. The van der Waals surface area contributed by atoms with E-state index < -0.39 is 5.82 Å². The molecule has 2 aliphatic rings. The molecule has 2 saturated heterocycles. The molecule has 2 atom stereocenters. The van der Waals surface area contributed by atoms with E-state index in [2.05, 4.69) is 10.4 Å². The SMILES string of the molecule is Cl.O=C(c1ccn(C2CCCNC2)n1)N1CCOC(c2ccc(F)c(Cl)c2)C1. The van der Waals surface area contributed by atoms with E-state index in [4.69, 9.17) is 16.3 Å². The quantitative estimate of drug-likeness (QED) is 0.814. The van der Waals surface area contributed by atoms with Crippen molar-refractivity contribution in [3.63, 3.8) is 0 Å². The van der Waals surface area contributed by atoms with E-state index in [9.17, 15) is 9.18 Å². The number of ether oxygens (including phenoxy) is 1. The normalized spacial score (nSPS) is 22.6. The van der Waals surface area contributed by atoms with Gasteiger partial charge in [0.1, 0.15) is 17.6 Å². The molecule has 0 bridgehead atoms. The summed E-state index contributed by atoms with van der Waals surface area (Å²) in [5.41, 5.74) is 1.20. The van der Waals surface area contributed by atoms with Crippen LogP contribution >= 0.6 is 24.0 Å². The first kappa shape index (κ1) is 21.0. The maximum atomic E-state index is 13.4. The second-order valence-electron chi connectivity index (χ2n) is 6.97. The molecule has 1 N–H and O–H groups in total. The Kier molecular flexibility index (Phi) is 6.93. The highest BCUT2D eigenvalue weighted by Crippen LogP contribution is 2.27. The number of carbonyl (C=O) groups excluding carboxylic acids is 1. The molecule has 0 spiro atoms. The van der Waals surface area contributed by atoms with E-state index in [0.29, 0.717) is 31.4 Å². The van der Waals surface area contributed by atoms with Crippen molar-refractivity contribution in [2.24, 2.45) is 0 Å². The summed E-state index contributed by atoms with van der Waals surface area (Å²) >= 11 is 5.88. The fraction of sp³-hybridized carbons (Fsp3) is 0.474. The Bertz CT molecular complexity index is 826. The Morgan fingerprint density at radius 1 is 1.36 bits per heavy atom. The van der Waals surface area contributed by atoms with Crippen LogP contribution < -0.4 is 5.32 Å². The van der Waals surface area contributed by atoms with Crippen LogP contribution in [0.25, 0.3) is 0 Å². The average Bonchev–Trinajstić information content (AvgIpc) is 3.20. The number of amides is 1. The number of halogens is 3. The van der Waals surface area contributed by atoms with Crippen LogP contribution in [-0.2, 0) is 4.74 Å². The first-order valence-electron chi connectivity index (χ1n) is 9.23.